The standard InChI is InChI=1S/C15H14N2O2S/c1-9-3-6-14(20-9)10(2)17-8-16-12-7-11(15(18)19)4-5-13(12)17/h3-8,10H,1-2H3,(H,18,19). The fourth-order valence-electron chi connectivity index (χ4n) is 2.29. The fraction of sp³-hybridized carbons (Fsp3) is 0.200. The van der Waals surface area contributed by atoms with Crippen molar-refractivity contribution in [3.05, 3.63) is 52.0 Å². The number of hydrogen-bond acceptors (Lipinski definition) is 3. The molecule has 20 heavy (non-hydrogen) atoms. The van der Waals surface area contributed by atoms with Gasteiger partial charge >= 0.3 is 5.97 Å². The van der Waals surface area contributed by atoms with E-state index in [2.05, 4.69) is 35.5 Å². The van der Waals surface area contributed by atoms with Crippen molar-refractivity contribution >= 4 is 28.3 Å². The van der Waals surface area contributed by atoms with Crippen molar-refractivity contribution in [1.82, 2.24) is 9.55 Å². The quantitative estimate of drug-likeness (QED) is 0.798. The SMILES string of the molecule is Cc1ccc(C(C)n2cnc3cc(C(=O)O)ccc32)s1. The van der Waals surface area contributed by atoms with Gasteiger partial charge in [-0.15, -0.1) is 11.3 Å². The Morgan fingerprint density at radius 1 is 1.35 bits per heavy atom. The molecule has 0 aliphatic carbocycles. The van der Waals surface area contributed by atoms with Crippen LogP contribution in [0.5, 0.6) is 0 Å². The number of carboxylic acids is 1. The number of hydrogen-bond donors (Lipinski definition) is 1. The van der Waals surface area contributed by atoms with Crippen LogP contribution in [0.15, 0.2) is 36.7 Å². The second-order valence-electron chi connectivity index (χ2n) is 4.78. The first-order valence-corrected chi connectivity index (χ1v) is 7.14. The lowest BCUT2D eigenvalue weighted by Crippen LogP contribution is -2.03. The first-order chi connectivity index (χ1) is 9.56. The Bertz CT molecular complexity index is 788. The summed E-state index contributed by atoms with van der Waals surface area (Å²) in [5.74, 6) is -0.927. The summed E-state index contributed by atoms with van der Waals surface area (Å²) in [6.45, 7) is 4.21. The summed E-state index contributed by atoms with van der Waals surface area (Å²) in [5, 5.41) is 9.01. The number of fused-ring (bicyclic) bond motifs is 1. The first-order valence-electron chi connectivity index (χ1n) is 6.32. The Morgan fingerprint density at radius 2 is 2.15 bits per heavy atom. The third-order valence-corrected chi connectivity index (χ3v) is 4.58. The second-order valence-corrected chi connectivity index (χ2v) is 6.10. The molecule has 0 saturated heterocycles. The number of imidazole rings is 1. The first kappa shape index (κ1) is 12.9. The molecule has 0 spiro atoms. The molecule has 4 nitrogen and oxygen atoms in total. The maximum Gasteiger partial charge on any atom is 0.335 e. The highest BCUT2D eigenvalue weighted by Gasteiger charge is 2.14. The lowest BCUT2D eigenvalue weighted by atomic mass is 10.2. The average molecular weight is 286 g/mol. The molecule has 1 N–H and O–H groups in total. The van der Waals surface area contributed by atoms with Gasteiger partial charge in [-0.25, -0.2) is 9.78 Å². The minimum absolute atomic E-state index is 0.189. The number of aromatic nitrogens is 2. The molecule has 0 saturated carbocycles. The summed E-state index contributed by atoms with van der Waals surface area (Å²) >= 11 is 1.77. The summed E-state index contributed by atoms with van der Waals surface area (Å²) < 4.78 is 2.08. The molecule has 3 aromatic rings. The molecule has 1 atom stereocenters. The molecule has 0 radical (unpaired) electrons. The van der Waals surface area contributed by atoms with Crippen molar-refractivity contribution in [3.63, 3.8) is 0 Å². The van der Waals surface area contributed by atoms with Gasteiger partial charge in [-0.2, -0.15) is 0 Å². The fourth-order valence-corrected chi connectivity index (χ4v) is 3.22. The second kappa shape index (κ2) is 4.76. The Balaban J connectivity index is 2.06. The molecule has 1 unspecified atom stereocenters. The zero-order valence-corrected chi connectivity index (χ0v) is 12.0. The number of carbonyl (C=O) groups is 1. The van der Waals surface area contributed by atoms with Crippen LogP contribution in [-0.2, 0) is 0 Å². The lowest BCUT2D eigenvalue weighted by molar-refractivity contribution is 0.0697. The molecule has 2 heterocycles. The Kier molecular flexibility index (Phi) is 3.06. The van der Waals surface area contributed by atoms with Crippen molar-refractivity contribution in [2.75, 3.05) is 0 Å². The predicted molar refractivity (Wildman–Crippen MR) is 79.6 cm³/mol. The molecule has 0 amide bonds. The van der Waals surface area contributed by atoms with Gasteiger partial charge < -0.3 is 9.67 Å². The number of benzene rings is 1. The minimum atomic E-state index is -0.927. The van der Waals surface area contributed by atoms with Gasteiger partial charge in [0.15, 0.2) is 0 Å². The van der Waals surface area contributed by atoms with Crippen LogP contribution in [0.25, 0.3) is 11.0 Å². The normalized spacial score (nSPS) is 12.7. The number of carboxylic acid groups (broad SMARTS) is 1. The minimum Gasteiger partial charge on any atom is -0.478 e. The summed E-state index contributed by atoms with van der Waals surface area (Å²) in [6.07, 6.45) is 1.77. The summed E-state index contributed by atoms with van der Waals surface area (Å²) in [6, 6.07) is 9.48. The Morgan fingerprint density at radius 3 is 2.80 bits per heavy atom. The Hall–Kier alpha value is -2.14. The van der Waals surface area contributed by atoms with Crippen molar-refractivity contribution < 1.29 is 9.90 Å². The van der Waals surface area contributed by atoms with Crippen LogP contribution in [-0.4, -0.2) is 20.6 Å². The smallest absolute Gasteiger partial charge is 0.335 e. The van der Waals surface area contributed by atoms with Crippen LogP contribution in [0.3, 0.4) is 0 Å². The molecule has 1 aromatic carbocycles. The molecule has 0 bridgehead atoms. The number of aromatic carboxylic acids is 1. The molecular weight excluding hydrogens is 272 g/mol. The molecule has 102 valence electrons. The van der Waals surface area contributed by atoms with Crippen LogP contribution in [0.1, 0.15) is 33.1 Å². The summed E-state index contributed by atoms with van der Waals surface area (Å²) in [7, 11) is 0. The van der Waals surface area contributed by atoms with Gasteiger partial charge in [0.2, 0.25) is 0 Å². The van der Waals surface area contributed by atoms with E-state index in [1.54, 1.807) is 29.8 Å². The topological polar surface area (TPSA) is 55.1 Å². The molecule has 0 aliphatic rings. The van der Waals surface area contributed by atoms with Gasteiger partial charge in [-0.1, -0.05) is 0 Å². The predicted octanol–water partition coefficient (Wildman–Crippen LogP) is 3.71. The van der Waals surface area contributed by atoms with Crippen LogP contribution in [0.2, 0.25) is 0 Å². The van der Waals surface area contributed by atoms with E-state index in [0.717, 1.165) is 5.52 Å². The van der Waals surface area contributed by atoms with Crippen LogP contribution < -0.4 is 0 Å². The van der Waals surface area contributed by atoms with Crippen LogP contribution >= 0.6 is 11.3 Å². The van der Waals surface area contributed by atoms with E-state index >= 15 is 0 Å². The van der Waals surface area contributed by atoms with Crippen molar-refractivity contribution in [3.8, 4) is 0 Å². The molecular formula is C15H14N2O2S. The van der Waals surface area contributed by atoms with E-state index in [1.807, 2.05) is 6.07 Å². The van der Waals surface area contributed by atoms with Crippen LogP contribution in [0.4, 0.5) is 0 Å². The number of rotatable bonds is 3. The van der Waals surface area contributed by atoms with Gasteiger partial charge in [0.1, 0.15) is 0 Å². The van der Waals surface area contributed by atoms with Gasteiger partial charge in [0.05, 0.1) is 29.0 Å². The zero-order valence-electron chi connectivity index (χ0n) is 11.2. The number of nitrogens with zero attached hydrogens (tertiary/aromatic N) is 2. The van der Waals surface area contributed by atoms with E-state index < -0.39 is 5.97 Å². The van der Waals surface area contributed by atoms with Crippen LogP contribution in [0, 0.1) is 6.92 Å². The van der Waals surface area contributed by atoms with E-state index in [0.29, 0.717) is 5.52 Å². The monoisotopic (exact) mass is 286 g/mol. The molecule has 5 heteroatoms. The van der Waals surface area contributed by atoms with Crippen molar-refractivity contribution in [1.29, 1.82) is 0 Å². The molecule has 0 aliphatic heterocycles. The molecule has 2 aromatic heterocycles. The third kappa shape index (κ3) is 2.10. The summed E-state index contributed by atoms with van der Waals surface area (Å²) in [5.41, 5.74) is 1.93. The van der Waals surface area contributed by atoms with Gasteiger partial charge in [0, 0.05) is 9.75 Å². The third-order valence-electron chi connectivity index (χ3n) is 3.41. The number of thiophene rings is 1. The van der Waals surface area contributed by atoms with E-state index in [9.17, 15) is 4.79 Å². The van der Waals surface area contributed by atoms with Crippen molar-refractivity contribution in [2.24, 2.45) is 0 Å². The maximum absolute atomic E-state index is 11.0. The highest BCUT2D eigenvalue weighted by Crippen LogP contribution is 2.28. The lowest BCUT2D eigenvalue weighted by Gasteiger charge is -2.12. The largest absolute Gasteiger partial charge is 0.478 e. The average Bonchev–Trinajstić information content (AvgIpc) is 3.03. The van der Waals surface area contributed by atoms with Gasteiger partial charge in [-0.3, -0.25) is 0 Å². The van der Waals surface area contributed by atoms with E-state index in [-0.39, 0.29) is 11.6 Å². The van der Waals surface area contributed by atoms with Gasteiger partial charge in [0.25, 0.3) is 0 Å². The van der Waals surface area contributed by atoms with Gasteiger partial charge in [-0.05, 0) is 44.2 Å². The highest BCUT2D eigenvalue weighted by atomic mass is 32.1. The van der Waals surface area contributed by atoms with Crippen molar-refractivity contribution in [2.45, 2.75) is 19.9 Å². The number of aryl methyl sites for hydroxylation is 1. The highest BCUT2D eigenvalue weighted by molar-refractivity contribution is 7.12. The molecule has 0 fully saturated rings. The maximum atomic E-state index is 11.0. The summed E-state index contributed by atoms with van der Waals surface area (Å²) in [4.78, 5) is 17.8. The van der Waals surface area contributed by atoms with E-state index in [4.69, 9.17) is 5.11 Å². The van der Waals surface area contributed by atoms with E-state index in [1.165, 1.54) is 9.75 Å². The zero-order chi connectivity index (χ0) is 14.3. The molecule has 3 rings (SSSR count). The Labute approximate surface area is 120 Å².